The first-order chi connectivity index (χ1) is 13.5. The van der Waals surface area contributed by atoms with Crippen LogP contribution in [0.25, 0.3) is 0 Å². The maximum Gasteiger partial charge on any atom is 0.255 e. The first-order valence-corrected chi connectivity index (χ1v) is 9.04. The van der Waals surface area contributed by atoms with Crippen LogP contribution in [0.2, 0.25) is 5.02 Å². The summed E-state index contributed by atoms with van der Waals surface area (Å²) in [5, 5.41) is 6.15. The fourth-order valence-electron chi connectivity index (χ4n) is 2.52. The molecule has 0 heterocycles. The fraction of sp³-hybridized carbons (Fsp3) is 0.0909. The minimum absolute atomic E-state index is 0.145. The third-order valence-corrected chi connectivity index (χ3v) is 4.30. The second kappa shape index (κ2) is 9.06. The van der Waals surface area contributed by atoms with Gasteiger partial charge < -0.3 is 15.4 Å². The lowest BCUT2D eigenvalue weighted by molar-refractivity contribution is -0.114. The number of halogens is 1. The molecule has 0 aliphatic heterocycles. The molecule has 0 saturated heterocycles. The van der Waals surface area contributed by atoms with Gasteiger partial charge in [-0.2, -0.15) is 0 Å². The highest BCUT2D eigenvalue weighted by molar-refractivity contribution is 6.31. The van der Waals surface area contributed by atoms with Crippen molar-refractivity contribution in [1.29, 1.82) is 0 Å². The largest absolute Gasteiger partial charge is 0.489 e. The molecular formula is C22H19ClN2O3. The SMILES string of the molecule is CC(=O)Nc1ccc(NC(=O)c2ccc(OCc3ccccc3Cl)cc2)cc1. The number of hydrogen-bond donors (Lipinski definition) is 2. The Morgan fingerprint density at radius 1 is 0.857 bits per heavy atom. The standard InChI is InChI=1S/C22H19ClN2O3/c1-15(26)24-18-8-10-19(11-9-18)25-22(27)16-6-12-20(13-7-16)28-14-17-4-2-3-5-21(17)23/h2-13H,14H2,1H3,(H,24,26)(H,25,27). The Kier molecular flexibility index (Phi) is 6.29. The summed E-state index contributed by atoms with van der Waals surface area (Å²) in [5.41, 5.74) is 2.72. The molecule has 0 unspecified atom stereocenters. The summed E-state index contributed by atoms with van der Waals surface area (Å²) in [6.45, 7) is 1.80. The lowest BCUT2D eigenvalue weighted by Gasteiger charge is -2.09. The molecule has 2 N–H and O–H groups in total. The quantitative estimate of drug-likeness (QED) is 0.609. The molecule has 5 nitrogen and oxygen atoms in total. The van der Waals surface area contributed by atoms with E-state index in [-0.39, 0.29) is 11.8 Å². The Morgan fingerprint density at radius 2 is 1.46 bits per heavy atom. The van der Waals surface area contributed by atoms with Crippen LogP contribution in [0, 0.1) is 0 Å². The normalized spacial score (nSPS) is 10.2. The van der Waals surface area contributed by atoms with Gasteiger partial charge in [-0.25, -0.2) is 0 Å². The summed E-state index contributed by atoms with van der Waals surface area (Å²) in [7, 11) is 0. The molecule has 142 valence electrons. The van der Waals surface area contributed by atoms with Crippen molar-refractivity contribution < 1.29 is 14.3 Å². The smallest absolute Gasteiger partial charge is 0.255 e. The van der Waals surface area contributed by atoms with Crippen LogP contribution < -0.4 is 15.4 Å². The molecule has 3 rings (SSSR count). The van der Waals surface area contributed by atoms with E-state index in [4.69, 9.17) is 16.3 Å². The highest BCUT2D eigenvalue weighted by atomic mass is 35.5. The van der Waals surface area contributed by atoms with Crippen LogP contribution >= 0.6 is 11.6 Å². The van der Waals surface area contributed by atoms with Crippen molar-refractivity contribution in [3.05, 3.63) is 88.9 Å². The second-order valence-corrected chi connectivity index (χ2v) is 6.52. The third-order valence-electron chi connectivity index (χ3n) is 3.93. The molecule has 28 heavy (non-hydrogen) atoms. The van der Waals surface area contributed by atoms with Crippen LogP contribution in [-0.4, -0.2) is 11.8 Å². The van der Waals surface area contributed by atoms with Crippen molar-refractivity contribution in [3.8, 4) is 5.75 Å². The van der Waals surface area contributed by atoms with Crippen molar-refractivity contribution in [1.82, 2.24) is 0 Å². The van der Waals surface area contributed by atoms with Crippen molar-refractivity contribution in [2.75, 3.05) is 10.6 Å². The molecule has 6 heteroatoms. The Bertz CT molecular complexity index is 970. The van der Waals surface area contributed by atoms with Gasteiger partial charge in [0.2, 0.25) is 5.91 Å². The molecule has 3 aromatic carbocycles. The van der Waals surface area contributed by atoms with Gasteiger partial charge in [0.25, 0.3) is 5.91 Å². The zero-order valence-corrected chi connectivity index (χ0v) is 16.0. The van der Waals surface area contributed by atoms with Gasteiger partial charge in [0.15, 0.2) is 0 Å². The van der Waals surface area contributed by atoms with Crippen LogP contribution in [0.15, 0.2) is 72.8 Å². The molecule has 0 spiro atoms. The van der Waals surface area contributed by atoms with Crippen LogP contribution in [0.5, 0.6) is 5.75 Å². The van der Waals surface area contributed by atoms with Gasteiger partial charge in [-0.1, -0.05) is 29.8 Å². The third kappa shape index (κ3) is 5.34. The number of hydrogen-bond acceptors (Lipinski definition) is 3. The van der Waals surface area contributed by atoms with Gasteiger partial charge >= 0.3 is 0 Å². The number of anilines is 2. The van der Waals surface area contributed by atoms with Gasteiger partial charge in [0, 0.05) is 34.4 Å². The molecule has 0 saturated carbocycles. The maximum atomic E-state index is 12.4. The van der Waals surface area contributed by atoms with E-state index < -0.39 is 0 Å². The second-order valence-electron chi connectivity index (χ2n) is 6.12. The summed E-state index contributed by atoms with van der Waals surface area (Å²) < 4.78 is 5.72. The van der Waals surface area contributed by atoms with Crippen molar-refractivity contribution in [2.24, 2.45) is 0 Å². The molecule has 0 aliphatic rings. The average molecular weight is 395 g/mol. The summed E-state index contributed by atoms with van der Waals surface area (Å²) in [6.07, 6.45) is 0. The first kappa shape index (κ1) is 19.5. The summed E-state index contributed by atoms with van der Waals surface area (Å²) >= 11 is 6.12. The van der Waals surface area contributed by atoms with Gasteiger partial charge in [0.1, 0.15) is 12.4 Å². The van der Waals surface area contributed by atoms with E-state index >= 15 is 0 Å². The molecule has 0 bridgehead atoms. The number of carbonyl (C=O) groups excluding carboxylic acids is 2. The lowest BCUT2D eigenvalue weighted by atomic mass is 10.2. The van der Waals surface area contributed by atoms with Crippen LogP contribution in [0.4, 0.5) is 11.4 Å². The van der Waals surface area contributed by atoms with Crippen LogP contribution in [-0.2, 0) is 11.4 Å². The van der Waals surface area contributed by atoms with Crippen molar-refractivity contribution in [3.63, 3.8) is 0 Å². The Morgan fingerprint density at radius 3 is 2.07 bits per heavy atom. The molecule has 3 aromatic rings. The number of carbonyl (C=O) groups is 2. The van der Waals surface area contributed by atoms with E-state index in [1.807, 2.05) is 24.3 Å². The molecule has 0 radical (unpaired) electrons. The van der Waals surface area contributed by atoms with E-state index in [0.29, 0.717) is 34.3 Å². The van der Waals surface area contributed by atoms with E-state index in [1.54, 1.807) is 48.5 Å². The predicted molar refractivity (Wildman–Crippen MR) is 111 cm³/mol. The van der Waals surface area contributed by atoms with E-state index in [9.17, 15) is 9.59 Å². The maximum absolute atomic E-state index is 12.4. The summed E-state index contributed by atoms with van der Waals surface area (Å²) in [5.74, 6) is 0.273. The van der Waals surface area contributed by atoms with Crippen molar-refractivity contribution >= 4 is 34.8 Å². The molecule has 0 aromatic heterocycles. The molecule has 0 aliphatic carbocycles. The number of nitrogens with one attached hydrogen (secondary N) is 2. The van der Waals surface area contributed by atoms with Crippen LogP contribution in [0.1, 0.15) is 22.8 Å². The minimum Gasteiger partial charge on any atom is -0.489 e. The zero-order chi connectivity index (χ0) is 19.9. The molecular weight excluding hydrogens is 376 g/mol. The van der Waals surface area contributed by atoms with Gasteiger partial charge in [-0.05, 0) is 54.6 Å². The first-order valence-electron chi connectivity index (χ1n) is 8.66. The Labute approximate surface area is 168 Å². The Balaban J connectivity index is 1.57. The highest BCUT2D eigenvalue weighted by Crippen LogP contribution is 2.20. The van der Waals surface area contributed by atoms with E-state index in [0.717, 1.165) is 5.56 Å². The molecule has 0 atom stereocenters. The molecule has 2 amide bonds. The average Bonchev–Trinajstić information content (AvgIpc) is 2.69. The van der Waals surface area contributed by atoms with E-state index in [1.165, 1.54) is 6.92 Å². The monoisotopic (exact) mass is 394 g/mol. The molecule has 0 fully saturated rings. The van der Waals surface area contributed by atoms with Crippen molar-refractivity contribution in [2.45, 2.75) is 13.5 Å². The predicted octanol–water partition coefficient (Wildman–Crippen LogP) is 5.13. The Hall–Kier alpha value is -3.31. The summed E-state index contributed by atoms with van der Waals surface area (Å²) in [6, 6.07) is 21.3. The lowest BCUT2D eigenvalue weighted by Crippen LogP contribution is -2.12. The highest BCUT2D eigenvalue weighted by Gasteiger charge is 2.07. The minimum atomic E-state index is -0.232. The van der Waals surface area contributed by atoms with Gasteiger partial charge in [0.05, 0.1) is 0 Å². The van der Waals surface area contributed by atoms with E-state index in [2.05, 4.69) is 10.6 Å². The fourth-order valence-corrected chi connectivity index (χ4v) is 2.71. The topological polar surface area (TPSA) is 67.4 Å². The summed E-state index contributed by atoms with van der Waals surface area (Å²) in [4.78, 5) is 23.4. The van der Waals surface area contributed by atoms with Crippen LogP contribution in [0.3, 0.4) is 0 Å². The number of rotatable bonds is 6. The zero-order valence-electron chi connectivity index (χ0n) is 15.2. The van der Waals surface area contributed by atoms with Gasteiger partial charge in [-0.3, -0.25) is 9.59 Å². The number of ether oxygens (including phenoxy) is 1. The number of amides is 2. The van der Waals surface area contributed by atoms with Gasteiger partial charge in [-0.15, -0.1) is 0 Å². The number of benzene rings is 3.